The first-order valence-electron chi connectivity index (χ1n) is 6.89. The predicted molar refractivity (Wildman–Crippen MR) is 87.2 cm³/mol. The minimum atomic E-state index is -1.04. The zero-order valence-electron chi connectivity index (χ0n) is 12.0. The Morgan fingerprint density at radius 1 is 1.13 bits per heavy atom. The molecule has 114 valence electrons. The van der Waals surface area contributed by atoms with E-state index in [9.17, 15) is 9.59 Å². The minimum absolute atomic E-state index is 0.116. The van der Waals surface area contributed by atoms with Gasteiger partial charge in [0.05, 0.1) is 16.8 Å². The molecule has 0 radical (unpaired) electrons. The highest BCUT2D eigenvalue weighted by molar-refractivity contribution is 6.03. The summed E-state index contributed by atoms with van der Waals surface area (Å²) in [6.45, 7) is 0. The molecule has 3 aromatic rings. The highest BCUT2D eigenvalue weighted by Crippen LogP contribution is 2.16. The summed E-state index contributed by atoms with van der Waals surface area (Å²) < 4.78 is 0. The number of fused-ring (bicyclic) bond motifs is 1. The number of H-pyrrole nitrogens is 1. The second-order valence-electron chi connectivity index (χ2n) is 4.86. The number of amides is 1. The van der Waals surface area contributed by atoms with Crippen LogP contribution in [0.1, 0.15) is 16.1 Å². The Morgan fingerprint density at radius 2 is 1.96 bits per heavy atom. The van der Waals surface area contributed by atoms with E-state index in [1.54, 1.807) is 18.2 Å². The third-order valence-electron chi connectivity index (χ3n) is 3.27. The highest BCUT2D eigenvalue weighted by atomic mass is 16.4. The van der Waals surface area contributed by atoms with Crippen molar-refractivity contribution in [3.8, 4) is 0 Å². The molecular weight excluding hydrogens is 294 g/mol. The van der Waals surface area contributed by atoms with Crippen LogP contribution in [0.25, 0.3) is 17.0 Å². The standard InChI is InChI=1S/C17H13N3O3/c21-16(18-12-5-3-4-11(10-12)17(22)23)9-8-15-13-6-1-2-7-14(13)19-20-15/h1-10H,(H,18,21)(H,19,20)(H,22,23)/b9-8+. The molecule has 0 saturated heterocycles. The second kappa shape index (κ2) is 6.15. The summed E-state index contributed by atoms with van der Waals surface area (Å²) >= 11 is 0. The van der Waals surface area contributed by atoms with E-state index in [-0.39, 0.29) is 11.5 Å². The first-order chi connectivity index (χ1) is 11.1. The molecule has 0 aliphatic carbocycles. The van der Waals surface area contributed by atoms with Crippen LogP contribution in [0.4, 0.5) is 5.69 Å². The summed E-state index contributed by atoms with van der Waals surface area (Å²) in [7, 11) is 0. The molecule has 0 spiro atoms. The third-order valence-corrected chi connectivity index (χ3v) is 3.27. The lowest BCUT2D eigenvalue weighted by molar-refractivity contribution is -0.111. The molecule has 0 aliphatic heterocycles. The van der Waals surface area contributed by atoms with E-state index >= 15 is 0 Å². The van der Waals surface area contributed by atoms with Gasteiger partial charge in [0.15, 0.2) is 0 Å². The highest BCUT2D eigenvalue weighted by Gasteiger charge is 2.05. The lowest BCUT2D eigenvalue weighted by Gasteiger charge is -2.02. The fraction of sp³-hybridized carbons (Fsp3) is 0. The quantitative estimate of drug-likeness (QED) is 0.646. The molecule has 0 fully saturated rings. The Balaban J connectivity index is 1.74. The Bertz CT molecular complexity index is 912. The maximum Gasteiger partial charge on any atom is 0.335 e. The van der Waals surface area contributed by atoms with Gasteiger partial charge in [0, 0.05) is 17.1 Å². The fourth-order valence-electron chi connectivity index (χ4n) is 2.18. The van der Waals surface area contributed by atoms with Crippen LogP contribution in [0.5, 0.6) is 0 Å². The molecule has 6 heteroatoms. The van der Waals surface area contributed by atoms with Crippen LogP contribution in [0.3, 0.4) is 0 Å². The topological polar surface area (TPSA) is 95.1 Å². The van der Waals surface area contributed by atoms with Crippen molar-refractivity contribution in [2.75, 3.05) is 5.32 Å². The molecule has 1 aromatic heterocycles. The maximum absolute atomic E-state index is 11.9. The van der Waals surface area contributed by atoms with Crippen LogP contribution >= 0.6 is 0 Å². The SMILES string of the molecule is O=C(/C=C/c1n[nH]c2ccccc12)Nc1cccc(C(=O)O)c1. The largest absolute Gasteiger partial charge is 0.478 e. The van der Waals surface area contributed by atoms with Gasteiger partial charge >= 0.3 is 5.97 Å². The van der Waals surface area contributed by atoms with Gasteiger partial charge in [0.1, 0.15) is 0 Å². The van der Waals surface area contributed by atoms with Crippen molar-refractivity contribution in [3.63, 3.8) is 0 Å². The molecule has 1 heterocycles. The number of rotatable bonds is 4. The van der Waals surface area contributed by atoms with Gasteiger partial charge in [-0.1, -0.05) is 24.3 Å². The summed E-state index contributed by atoms with van der Waals surface area (Å²) in [6, 6.07) is 13.7. The molecular formula is C17H13N3O3. The van der Waals surface area contributed by atoms with Gasteiger partial charge in [0.25, 0.3) is 0 Å². The molecule has 2 aromatic carbocycles. The Kier molecular flexibility index (Phi) is 3.88. The van der Waals surface area contributed by atoms with E-state index in [0.717, 1.165) is 10.9 Å². The first-order valence-corrected chi connectivity index (χ1v) is 6.89. The van der Waals surface area contributed by atoms with E-state index in [4.69, 9.17) is 5.11 Å². The van der Waals surface area contributed by atoms with Crippen LogP contribution in [0, 0.1) is 0 Å². The molecule has 23 heavy (non-hydrogen) atoms. The normalized spacial score (nSPS) is 11.0. The predicted octanol–water partition coefficient (Wildman–Crippen LogP) is 2.91. The number of nitrogens with zero attached hydrogens (tertiary/aromatic N) is 1. The molecule has 1 amide bonds. The van der Waals surface area contributed by atoms with Gasteiger partial charge in [-0.05, 0) is 30.3 Å². The van der Waals surface area contributed by atoms with Crippen molar-refractivity contribution in [3.05, 3.63) is 65.9 Å². The Labute approximate surface area is 131 Å². The zero-order valence-corrected chi connectivity index (χ0v) is 12.0. The smallest absolute Gasteiger partial charge is 0.335 e. The van der Waals surface area contributed by atoms with E-state index < -0.39 is 5.97 Å². The second-order valence-corrected chi connectivity index (χ2v) is 4.86. The molecule has 0 aliphatic rings. The van der Waals surface area contributed by atoms with Crippen molar-refractivity contribution in [2.45, 2.75) is 0 Å². The lowest BCUT2D eigenvalue weighted by Crippen LogP contribution is -2.08. The van der Waals surface area contributed by atoms with Crippen LogP contribution in [0.2, 0.25) is 0 Å². The van der Waals surface area contributed by atoms with Crippen LogP contribution < -0.4 is 5.32 Å². The van der Waals surface area contributed by atoms with Crippen LogP contribution in [0.15, 0.2) is 54.6 Å². The number of aromatic amines is 1. The zero-order chi connectivity index (χ0) is 16.2. The van der Waals surface area contributed by atoms with Crippen molar-refractivity contribution in [1.82, 2.24) is 10.2 Å². The number of aromatic nitrogens is 2. The van der Waals surface area contributed by atoms with Gasteiger partial charge in [-0.2, -0.15) is 5.10 Å². The van der Waals surface area contributed by atoms with Crippen molar-refractivity contribution < 1.29 is 14.7 Å². The average Bonchev–Trinajstić information content (AvgIpc) is 2.96. The molecule has 0 atom stereocenters. The monoisotopic (exact) mass is 307 g/mol. The maximum atomic E-state index is 11.9. The minimum Gasteiger partial charge on any atom is -0.478 e. The summed E-state index contributed by atoms with van der Waals surface area (Å²) in [6.07, 6.45) is 2.96. The number of anilines is 1. The molecule has 0 unspecified atom stereocenters. The lowest BCUT2D eigenvalue weighted by atomic mass is 10.2. The van der Waals surface area contributed by atoms with Crippen molar-refractivity contribution in [1.29, 1.82) is 0 Å². The number of benzene rings is 2. The number of nitrogens with one attached hydrogen (secondary N) is 2. The van der Waals surface area contributed by atoms with Gasteiger partial charge in [0.2, 0.25) is 5.91 Å². The van der Waals surface area contributed by atoms with E-state index in [1.165, 1.54) is 18.2 Å². The average molecular weight is 307 g/mol. The summed E-state index contributed by atoms with van der Waals surface area (Å²) in [4.78, 5) is 22.8. The Hall–Kier alpha value is -3.41. The fourth-order valence-corrected chi connectivity index (χ4v) is 2.18. The molecule has 3 rings (SSSR count). The van der Waals surface area contributed by atoms with Crippen molar-refractivity contribution >= 4 is 34.5 Å². The van der Waals surface area contributed by atoms with Gasteiger partial charge in [-0.25, -0.2) is 4.79 Å². The number of hydrogen-bond acceptors (Lipinski definition) is 3. The van der Waals surface area contributed by atoms with E-state index in [0.29, 0.717) is 11.4 Å². The third kappa shape index (κ3) is 3.26. The number of para-hydroxylation sites is 1. The summed E-state index contributed by atoms with van der Waals surface area (Å²) in [5, 5.41) is 19.5. The van der Waals surface area contributed by atoms with E-state index in [2.05, 4.69) is 15.5 Å². The molecule has 6 nitrogen and oxygen atoms in total. The van der Waals surface area contributed by atoms with E-state index in [1.807, 2.05) is 24.3 Å². The van der Waals surface area contributed by atoms with Crippen LogP contribution in [-0.4, -0.2) is 27.2 Å². The summed E-state index contributed by atoms with van der Waals surface area (Å²) in [5.41, 5.74) is 2.09. The number of carbonyl (C=O) groups excluding carboxylic acids is 1. The van der Waals surface area contributed by atoms with Gasteiger partial charge in [-0.15, -0.1) is 0 Å². The number of hydrogen-bond donors (Lipinski definition) is 3. The number of carbonyl (C=O) groups is 2. The van der Waals surface area contributed by atoms with Gasteiger partial charge < -0.3 is 10.4 Å². The molecule has 0 bridgehead atoms. The summed E-state index contributed by atoms with van der Waals surface area (Å²) in [5.74, 6) is -1.40. The van der Waals surface area contributed by atoms with Gasteiger partial charge in [-0.3, -0.25) is 9.89 Å². The number of aromatic carboxylic acids is 1. The Morgan fingerprint density at radius 3 is 2.78 bits per heavy atom. The van der Waals surface area contributed by atoms with Crippen LogP contribution in [-0.2, 0) is 4.79 Å². The molecule has 0 saturated carbocycles. The van der Waals surface area contributed by atoms with Crippen molar-refractivity contribution in [2.24, 2.45) is 0 Å². The number of carboxylic acid groups (broad SMARTS) is 1. The first kappa shape index (κ1) is 14.5. The molecule has 3 N–H and O–H groups in total. The number of carboxylic acids is 1.